The Morgan fingerprint density at radius 1 is 1.45 bits per heavy atom. The van der Waals surface area contributed by atoms with Crippen molar-refractivity contribution in [3.8, 4) is 6.01 Å². The Balaban J connectivity index is 2.20. The van der Waals surface area contributed by atoms with E-state index in [1.54, 1.807) is 0 Å². The van der Waals surface area contributed by atoms with Crippen LogP contribution in [0.25, 0.3) is 0 Å². The van der Waals surface area contributed by atoms with Gasteiger partial charge in [0.1, 0.15) is 24.0 Å². The molecule has 1 aliphatic rings. The molecule has 0 bridgehead atoms. The van der Waals surface area contributed by atoms with Gasteiger partial charge in [0.25, 0.3) is 11.6 Å². The fourth-order valence-electron chi connectivity index (χ4n) is 1.78. The Bertz CT molecular complexity index is 535. The third-order valence-corrected chi connectivity index (χ3v) is 2.91. The number of nitrogens with two attached hydrogens (primary N) is 1. The van der Waals surface area contributed by atoms with E-state index < -0.39 is 30.1 Å². The van der Waals surface area contributed by atoms with Crippen molar-refractivity contribution < 1.29 is 24.8 Å². The molecule has 4 atom stereocenters. The van der Waals surface area contributed by atoms with Gasteiger partial charge in [-0.3, -0.25) is 9.78 Å². The molecule has 0 amide bonds. The molecule has 0 radical (unpaired) electrons. The highest BCUT2D eigenvalue weighted by molar-refractivity contribution is 5.60. The Morgan fingerprint density at radius 3 is 2.75 bits per heavy atom. The van der Waals surface area contributed by atoms with Crippen molar-refractivity contribution in [2.75, 3.05) is 24.8 Å². The smallest absolute Gasteiger partial charge is 0.298 e. The third kappa shape index (κ3) is 2.67. The maximum absolute atomic E-state index is 11.8. The molecule has 0 aliphatic carbocycles. The second-order valence-electron chi connectivity index (χ2n) is 4.28. The lowest BCUT2D eigenvalue weighted by atomic mass is 10.0. The first-order valence-corrected chi connectivity index (χ1v) is 5.80. The molecule has 1 aromatic heterocycles. The maximum Gasteiger partial charge on any atom is 0.298 e. The molecule has 7 N–H and O–H groups in total. The minimum Gasteiger partial charge on any atom is -0.468 e. The Hall–Kier alpha value is -1.88. The van der Waals surface area contributed by atoms with Crippen LogP contribution in [0.1, 0.15) is 0 Å². The molecule has 2 heterocycles. The summed E-state index contributed by atoms with van der Waals surface area (Å²) in [6.45, 7) is -0.197. The van der Waals surface area contributed by atoms with Crippen molar-refractivity contribution in [3.05, 3.63) is 10.4 Å². The van der Waals surface area contributed by atoms with Crippen LogP contribution in [0.3, 0.4) is 0 Å². The van der Waals surface area contributed by atoms with Crippen LogP contribution in [0.5, 0.6) is 6.01 Å². The first-order chi connectivity index (χ1) is 9.43. The van der Waals surface area contributed by atoms with Crippen LogP contribution in [0.4, 0.5) is 11.5 Å². The summed E-state index contributed by atoms with van der Waals surface area (Å²) in [4.78, 5) is 17.9. The van der Waals surface area contributed by atoms with E-state index in [4.69, 9.17) is 15.2 Å². The number of nitrogens with one attached hydrogen (secondary N) is 2. The number of aliphatic hydroxyl groups excluding tert-OH is 3. The molecule has 2 rings (SSSR count). The number of methoxy groups -OCH3 is 1. The number of aromatic nitrogens is 2. The molecule has 10 nitrogen and oxygen atoms in total. The normalized spacial score (nSPS) is 30.0. The summed E-state index contributed by atoms with van der Waals surface area (Å²) in [7, 11) is 1.32. The van der Waals surface area contributed by atoms with Gasteiger partial charge in [-0.15, -0.1) is 0 Å². The number of H-pyrrole nitrogens is 1. The highest BCUT2D eigenvalue weighted by Gasteiger charge is 2.38. The zero-order chi connectivity index (χ0) is 14.9. The lowest BCUT2D eigenvalue weighted by Gasteiger charge is -2.35. The summed E-state index contributed by atoms with van der Waals surface area (Å²) in [5, 5.41) is 31.2. The van der Waals surface area contributed by atoms with E-state index in [9.17, 15) is 20.1 Å². The van der Waals surface area contributed by atoms with E-state index in [2.05, 4.69) is 15.3 Å². The zero-order valence-electron chi connectivity index (χ0n) is 10.6. The van der Waals surface area contributed by atoms with Crippen molar-refractivity contribution in [2.45, 2.75) is 24.5 Å². The van der Waals surface area contributed by atoms with Gasteiger partial charge in [-0.1, -0.05) is 0 Å². The number of nitrogens with zero attached hydrogens (tertiary/aromatic N) is 1. The number of aromatic amines is 1. The number of ether oxygens (including phenoxy) is 2. The monoisotopic (exact) mass is 288 g/mol. The number of hydrogen-bond acceptors (Lipinski definition) is 9. The lowest BCUT2D eigenvalue weighted by Crippen LogP contribution is -2.55. The molecule has 0 saturated carbocycles. The standard InChI is InChI=1S/C10H16N4O6/c1-19-10-13-7(11)4(8(18)14-10)12-9-6(17)5(16)3(15)2-20-9/h3,5-6,9,12,15-17H,2H2,1H3,(H3,11,13,14,18)/t3-,5-,6+,9?/m0/s1. The van der Waals surface area contributed by atoms with E-state index in [1.807, 2.05) is 0 Å². The topological polar surface area (TPSA) is 163 Å². The number of anilines is 2. The first kappa shape index (κ1) is 14.5. The van der Waals surface area contributed by atoms with Gasteiger partial charge in [-0.2, -0.15) is 4.98 Å². The molecule has 10 heteroatoms. The second-order valence-corrected chi connectivity index (χ2v) is 4.28. The lowest BCUT2D eigenvalue weighted by molar-refractivity contribution is -0.178. The minimum absolute atomic E-state index is 0.0568. The molecule has 20 heavy (non-hydrogen) atoms. The summed E-state index contributed by atoms with van der Waals surface area (Å²) in [6.07, 6.45) is -5.13. The van der Waals surface area contributed by atoms with Crippen LogP contribution in [0.15, 0.2) is 4.79 Å². The Morgan fingerprint density at radius 2 is 2.15 bits per heavy atom. The summed E-state index contributed by atoms with van der Waals surface area (Å²) >= 11 is 0. The number of hydrogen-bond donors (Lipinski definition) is 6. The molecule has 1 fully saturated rings. The van der Waals surface area contributed by atoms with Crippen LogP contribution in [0.2, 0.25) is 0 Å². The third-order valence-electron chi connectivity index (χ3n) is 2.91. The number of rotatable bonds is 3. The highest BCUT2D eigenvalue weighted by Crippen LogP contribution is 2.19. The quantitative estimate of drug-likeness (QED) is 0.345. The van der Waals surface area contributed by atoms with Crippen molar-refractivity contribution in [2.24, 2.45) is 0 Å². The van der Waals surface area contributed by atoms with E-state index >= 15 is 0 Å². The van der Waals surface area contributed by atoms with Crippen LogP contribution in [-0.2, 0) is 4.74 Å². The fraction of sp³-hybridized carbons (Fsp3) is 0.600. The highest BCUT2D eigenvalue weighted by atomic mass is 16.5. The van der Waals surface area contributed by atoms with Gasteiger partial charge in [-0.05, 0) is 0 Å². The van der Waals surface area contributed by atoms with Crippen LogP contribution in [0, 0.1) is 0 Å². The zero-order valence-corrected chi connectivity index (χ0v) is 10.6. The van der Waals surface area contributed by atoms with Crippen LogP contribution >= 0.6 is 0 Å². The molecule has 1 saturated heterocycles. The van der Waals surface area contributed by atoms with E-state index in [0.717, 1.165) is 0 Å². The van der Waals surface area contributed by atoms with Gasteiger partial charge in [-0.25, -0.2) is 0 Å². The van der Waals surface area contributed by atoms with Crippen LogP contribution < -0.4 is 21.3 Å². The van der Waals surface area contributed by atoms with Gasteiger partial charge in [0.15, 0.2) is 12.0 Å². The maximum atomic E-state index is 11.8. The van der Waals surface area contributed by atoms with Crippen molar-refractivity contribution in [1.82, 2.24) is 9.97 Å². The predicted octanol–water partition coefficient (Wildman–Crippen LogP) is -2.79. The van der Waals surface area contributed by atoms with Crippen molar-refractivity contribution >= 4 is 11.5 Å². The van der Waals surface area contributed by atoms with Crippen LogP contribution in [-0.4, -0.2) is 63.5 Å². The number of nitrogen functional groups attached to an aromatic ring is 1. The second kappa shape index (κ2) is 5.63. The van der Waals surface area contributed by atoms with E-state index in [-0.39, 0.29) is 24.1 Å². The summed E-state index contributed by atoms with van der Waals surface area (Å²) in [5.74, 6) is -0.151. The Kier molecular flexibility index (Phi) is 4.09. The molecule has 112 valence electrons. The molecule has 0 spiro atoms. The molecule has 1 aromatic rings. The first-order valence-electron chi connectivity index (χ1n) is 5.80. The average Bonchev–Trinajstić information content (AvgIpc) is 2.42. The largest absolute Gasteiger partial charge is 0.468 e. The van der Waals surface area contributed by atoms with Gasteiger partial charge >= 0.3 is 0 Å². The van der Waals surface area contributed by atoms with E-state index in [1.165, 1.54) is 7.11 Å². The minimum atomic E-state index is -1.43. The molecular formula is C10H16N4O6. The van der Waals surface area contributed by atoms with Gasteiger partial charge in [0.2, 0.25) is 0 Å². The summed E-state index contributed by atoms with van der Waals surface area (Å²) in [5.41, 5.74) is 4.85. The molecule has 1 unspecified atom stereocenters. The molecular weight excluding hydrogens is 272 g/mol. The van der Waals surface area contributed by atoms with Gasteiger partial charge < -0.3 is 35.8 Å². The van der Waals surface area contributed by atoms with Gasteiger partial charge in [0, 0.05) is 0 Å². The van der Waals surface area contributed by atoms with Crippen molar-refractivity contribution in [1.29, 1.82) is 0 Å². The molecule has 1 aliphatic heterocycles. The predicted molar refractivity (Wildman–Crippen MR) is 67.2 cm³/mol. The fourth-order valence-corrected chi connectivity index (χ4v) is 1.78. The molecule has 0 aromatic carbocycles. The van der Waals surface area contributed by atoms with E-state index in [0.29, 0.717) is 0 Å². The average molecular weight is 288 g/mol. The van der Waals surface area contributed by atoms with Gasteiger partial charge in [0.05, 0.1) is 13.7 Å². The summed E-state index contributed by atoms with van der Waals surface area (Å²) < 4.78 is 9.85. The Labute approximate surface area is 113 Å². The summed E-state index contributed by atoms with van der Waals surface area (Å²) in [6, 6.07) is -0.0568. The SMILES string of the molecule is COc1nc(N)c(NC2OC[C@H](O)[C@H](O)[C@H]2O)c(=O)[nH]1. The van der Waals surface area contributed by atoms with Crippen molar-refractivity contribution in [3.63, 3.8) is 0 Å². The number of aliphatic hydroxyl groups is 3.